The molecule has 1 aliphatic rings. The predicted molar refractivity (Wildman–Crippen MR) is 148 cm³/mol. The van der Waals surface area contributed by atoms with E-state index in [1.54, 1.807) is 11.0 Å². The summed E-state index contributed by atoms with van der Waals surface area (Å²) in [7, 11) is 0. The summed E-state index contributed by atoms with van der Waals surface area (Å²) in [4.78, 5) is 20.5. The number of carbonyl (C=O) groups excluding carboxylic acids is 1. The van der Waals surface area contributed by atoms with Gasteiger partial charge in [-0.2, -0.15) is 0 Å². The van der Waals surface area contributed by atoms with Crippen LogP contribution >= 0.6 is 35.0 Å². The van der Waals surface area contributed by atoms with E-state index in [1.807, 2.05) is 76.3 Å². The van der Waals surface area contributed by atoms with Crippen LogP contribution in [0.5, 0.6) is 0 Å². The third kappa shape index (κ3) is 5.91. The first kappa shape index (κ1) is 26.0. The van der Waals surface area contributed by atoms with Crippen molar-refractivity contribution in [1.29, 1.82) is 0 Å². The van der Waals surface area contributed by atoms with E-state index < -0.39 is 0 Å². The van der Waals surface area contributed by atoms with Gasteiger partial charge in [0.2, 0.25) is 0 Å². The van der Waals surface area contributed by atoms with Crippen LogP contribution in [0, 0.1) is 13.8 Å². The van der Waals surface area contributed by atoms with Gasteiger partial charge < -0.3 is 5.73 Å². The minimum Gasteiger partial charge on any atom is -0.326 e. The van der Waals surface area contributed by atoms with Crippen LogP contribution in [0.2, 0.25) is 10.0 Å². The van der Waals surface area contributed by atoms with E-state index in [-0.39, 0.29) is 5.91 Å². The molecule has 2 aromatic rings. The smallest absolute Gasteiger partial charge is 0.271 e. The highest BCUT2D eigenvalue weighted by Crippen LogP contribution is 2.38. The first-order chi connectivity index (χ1) is 16.1. The number of nitrogens with zero attached hydrogens (tertiary/aromatic N) is 2. The van der Waals surface area contributed by atoms with Crippen molar-refractivity contribution in [2.24, 2.45) is 10.7 Å². The van der Waals surface area contributed by atoms with E-state index in [0.717, 1.165) is 27.8 Å². The largest absolute Gasteiger partial charge is 0.326 e. The first-order valence-electron chi connectivity index (χ1n) is 10.7. The molecule has 0 unspecified atom stereocenters. The van der Waals surface area contributed by atoms with Crippen molar-refractivity contribution in [3.63, 3.8) is 0 Å². The second-order valence-electron chi connectivity index (χ2n) is 7.96. The van der Waals surface area contributed by atoms with Crippen molar-refractivity contribution in [2.75, 3.05) is 6.54 Å². The van der Waals surface area contributed by atoms with Crippen molar-refractivity contribution < 1.29 is 4.79 Å². The summed E-state index contributed by atoms with van der Waals surface area (Å²) in [5.41, 5.74) is 11.7. The summed E-state index contributed by atoms with van der Waals surface area (Å²) in [6.07, 6.45) is 5.57. The van der Waals surface area contributed by atoms with Crippen LogP contribution in [0.3, 0.4) is 0 Å². The Hall–Kier alpha value is -2.57. The number of amidine groups is 1. The number of carbonyl (C=O) groups is 1. The van der Waals surface area contributed by atoms with Gasteiger partial charge in [0.25, 0.3) is 5.91 Å². The fourth-order valence-corrected chi connectivity index (χ4v) is 4.57. The molecule has 176 valence electrons. The number of aliphatic imine (C=N–C) groups is 1. The van der Waals surface area contributed by atoms with E-state index in [2.05, 4.69) is 6.58 Å². The topological polar surface area (TPSA) is 58.7 Å². The van der Waals surface area contributed by atoms with Crippen molar-refractivity contribution >= 4 is 57.8 Å². The lowest BCUT2D eigenvalue weighted by molar-refractivity contribution is -0.120. The van der Waals surface area contributed by atoms with Gasteiger partial charge in [0.05, 0.1) is 10.6 Å². The number of allylic oxidation sites excluding steroid dienone is 2. The fraction of sp³-hybridized carbons (Fsp3) is 0.185. The number of thioether (sulfide) groups is 1. The fourth-order valence-electron chi connectivity index (χ4n) is 3.20. The van der Waals surface area contributed by atoms with Crippen LogP contribution in [0.4, 0.5) is 5.69 Å². The normalized spacial score (nSPS) is 17.3. The Kier molecular flexibility index (Phi) is 8.61. The van der Waals surface area contributed by atoms with Crippen LogP contribution < -0.4 is 5.73 Å². The van der Waals surface area contributed by atoms with Crippen LogP contribution in [0.1, 0.15) is 30.5 Å². The molecule has 0 radical (unpaired) electrons. The molecule has 0 saturated carbocycles. The SMILES string of the molecule is C=C(C)/C(=C\C(=C/C)N1C(=O)/C(=C/c2ccc(C)c(Cl)c2)S/C1=N\c1ccc(C)c(Cl)c1)CN. The molecule has 1 fully saturated rings. The van der Waals surface area contributed by atoms with Crippen LogP contribution in [0.15, 0.2) is 81.9 Å². The number of benzene rings is 2. The van der Waals surface area contributed by atoms with Gasteiger partial charge in [-0.1, -0.05) is 59.6 Å². The van der Waals surface area contributed by atoms with Crippen LogP contribution in [-0.4, -0.2) is 22.5 Å². The maximum absolute atomic E-state index is 13.6. The summed E-state index contributed by atoms with van der Waals surface area (Å²) in [6.45, 7) is 11.9. The Morgan fingerprint density at radius 1 is 1.15 bits per heavy atom. The van der Waals surface area contributed by atoms with Crippen molar-refractivity contribution in [3.05, 3.63) is 104 Å². The van der Waals surface area contributed by atoms with Gasteiger partial charge in [0.15, 0.2) is 5.17 Å². The minimum absolute atomic E-state index is 0.180. The zero-order valence-corrected chi connectivity index (χ0v) is 22.0. The van der Waals surface area contributed by atoms with Crippen LogP contribution in [-0.2, 0) is 4.79 Å². The lowest BCUT2D eigenvalue weighted by atomic mass is 10.1. The van der Waals surface area contributed by atoms with Gasteiger partial charge in [0, 0.05) is 22.3 Å². The average Bonchev–Trinajstić information content (AvgIpc) is 3.08. The highest BCUT2D eigenvalue weighted by molar-refractivity contribution is 8.18. The number of amides is 1. The number of hydrogen-bond donors (Lipinski definition) is 1. The summed E-state index contributed by atoms with van der Waals surface area (Å²) < 4.78 is 0. The monoisotopic (exact) mass is 511 g/mol. The Morgan fingerprint density at radius 2 is 1.79 bits per heavy atom. The molecule has 2 aromatic carbocycles. The summed E-state index contributed by atoms with van der Waals surface area (Å²) in [6, 6.07) is 11.3. The summed E-state index contributed by atoms with van der Waals surface area (Å²) >= 11 is 13.9. The average molecular weight is 513 g/mol. The molecule has 7 heteroatoms. The first-order valence-corrected chi connectivity index (χ1v) is 12.3. The molecule has 1 saturated heterocycles. The highest BCUT2D eigenvalue weighted by Gasteiger charge is 2.35. The molecule has 0 atom stereocenters. The molecule has 0 aliphatic carbocycles. The zero-order chi connectivity index (χ0) is 25.0. The van der Waals surface area contributed by atoms with E-state index in [9.17, 15) is 4.79 Å². The Morgan fingerprint density at radius 3 is 2.35 bits per heavy atom. The lowest BCUT2D eigenvalue weighted by Crippen LogP contribution is -2.28. The number of nitrogens with two attached hydrogens (primary N) is 1. The Balaban J connectivity index is 2.13. The second kappa shape index (κ2) is 11.2. The van der Waals surface area contributed by atoms with E-state index >= 15 is 0 Å². The maximum Gasteiger partial charge on any atom is 0.271 e. The minimum atomic E-state index is -0.180. The number of hydrogen-bond acceptors (Lipinski definition) is 4. The summed E-state index contributed by atoms with van der Waals surface area (Å²) in [5, 5.41) is 1.79. The van der Waals surface area contributed by atoms with E-state index in [4.69, 9.17) is 33.9 Å². The predicted octanol–water partition coefficient (Wildman–Crippen LogP) is 7.58. The van der Waals surface area contributed by atoms with E-state index in [1.165, 1.54) is 11.8 Å². The Bertz CT molecular complexity index is 1270. The lowest BCUT2D eigenvalue weighted by Gasteiger charge is -2.18. The molecule has 34 heavy (non-hydrogen) atoms. The third-order valence-electron chi connectivity index (χ3n) is 5.32. The molecule has 0 spiro atoms. The number of halogens is 2. The molecular formula is C27H27Cl2N3OS. The molecule has 1 heterocycles. The highest BCUT2D eigenvalue weighted by atomic mass is 35.5. The van der Waals surface area contributed by atoms with Gasteiger partial charge >= 0.3 is 0 Å². The standard InChI is InChI=1S/C27H27Cl2N3OS/c1-6-22(13-20(15-30)16(2)3)32-26(33)25(12-19-9-7-17(4)23(28)11-19)34-27(32)31-21-10-8-18(5)24(29)14-21/h6-14H,2,15,30H2,1,3-5H3/b20-13-,22-6+,25-12-,31-27-. The number of aryl methyl sites for hydroxylation is 2. The van der Waals surface area contributed by atoms with Crippen molar-refractivity contribution in [3.8, 4) is 0 Å². The molecule has 0 bridgehead atoms. The quantitative estimate of drug-likeness (QED) is 0.321. The molecule has 4 nitrogen and oxygen atoms in total. The second-order valence-corrected chi connectivity index (χ2v) is 9.78. The van der Waals surface area contributed by atoms with Gasteiger partial charge in [-0.05, 0) is 92.1 Å². The van der Waals surface area contributed by atoms with Gasteiger partial charge in [-0.25, -0.2) is 4.99 Å². The van der Waals surface area contributed by atoms with Crippen molar-refractivity contribution in [1.82, 2.24) is 4.90 Å². The molecule has 1 aliphatic heterocycles. The molecule has 3 rings (SSSR count). The van der Waals surface area contributed by atoms with Gasteiger partial charge in [0.1, 0.15) is 0 Å². The van der Waals surface area contributed by atoms with Crippen LogP contribution in [0.25, 0.3) is 6.08 Å². The van der Waals surface area contributed by atoms with Crippen molar-refractivity contribution in [2.45, 2.75) is 27.7 Å². The van der Waals surface area contributed by atoms with Gasteiger partial charge in [-0.15, -0.1) is 0 Å². The molecule has 0 aromatic heterocycles. The van der Waals surface area contributed by atoms with Gasteiger partial charge in [-0.3, -0.25) is 9.69 Å². The molecule has 2 N–H and O–H groups in total. The Labute approximate surface area is 215 Å². The summed E-state index contributed by atoms with van der Waals surface area (Å²) in [5.74, 6) is -0.180. The molecule has 1 amide bonds. The number of rotatable bonds is 6. The third-order valence-corrected chi connectivity index (χ3v) is 7.11. The van der Waals surface area contributed by atoms with E-state index in [0.29, 0.717) is 38.0 Å². The maximum atomic E-state index is 13.6. The zero-order valence-electron chi connectivity index (χ0n) is 19.7. The molecular weight excluding hydrogens is 485 g/mol.